The van der Waals surface area contributed by atoms with Crippen LogP contribution in [0.5, 0.6) is 17.2 Å². The molecule has 2 aliphatic rings. The highest BCUT2D eigenvalue weighted by Crippen LogP contribution is 2.52. The lowest BCUT2D eigenvalue weighted by Crippen LogP contribution is -2.57. The summed E-state index contributed by atoms with van der Waals surface area (Å²) >= 11 is 0. The average Bonchev–Trinajstić information content (AvgIpc) is 3.50. The van der Waals surface area contributed by atoms with E-state index in [9.17, 15) is 39.5 Å². The van der Waals surface area contributed by atoms with E-state index >= 15 is 0 Å². The molecule has 2 aliphatic heterocycles. The van der Waals surface area contributed by atoms with Crippen LogP contribution in [0.4, 0.5) is 11.4 Å². The van der Waals surface area contributed by atoms with Crippen molar-refractivity contribution < 1.29 is 48.5 Å². The number of phenolic OH excluding ortho intramolecular Hbond substituents is 1. The summed E-state index contributed by atoms with van der Waals surface area (Å²) in [7, 11) is 3.81. The molecule has 0 saturated carbocycles. The first kappa shape index (κ1) is 30.0. The summed E-state index contributed by atoms with van der Waals surface area (Å²) < 4.78 is 15.8. The first-order valence-electron chi connectivity index (χ1n) is 13.2. The van der Waals surface area contributed by atoms with Gasteiger partial charge in [-0.15, -0.1) is 0 Å². The summed E-state index contributed by atoms with van der Waals surface area (Å²) in [4.78, 5) is 66.3. The summed E-state index contributed by atoms with van der Waals surface area (Å²) in [5.41, 5.74) is -2.22. The SMILES string of the molecule is COC(=O)c1c(OC)cc(OC)cc1C1NC(Cc2ccc(O)cc2)(C(=O)O)C2C(=O)N(c3cccc([N+](=O)[O-])c3)C(=O)C12. The van der Waals surface area contributed by atoms with Crippen LogP contribution in [0.25, 0.3) is 0 Å². The molecule has 2 amide bonds. The first-order chi connectivity index (χ1) is 21.0. The van der Waals surface area contributed by atoms with Gasteiger partial charge in [0.15, 0.2) is 0 Å². The number of phenols is 1. The number of anilines is 1. The number of carboxylic acids is 1. The molecule has 0 spiro atoms. The summed E-state index contributed by atoms with van der Waals surface area (Å²) in [5, 5.41) is 35.0. The smallest absolute Gasteiger partial charge is 0.341 e. The minimum Gasteiger partial charge on any atom is -0.508 e. The van der Waals surface area contributed by atoms with Crippen molar-refractivity contribution in [3.8, 4) is 17.2 Å². The maximum absolute atomic E-state index is 14.2. The maximum Gasteiger partial charge on any atom is 0.341 e. The van der Waals surface area contributed by atoms with Gasteiger partial charge in [-0.25, -0.2) is 9.69 Å². The summed E-state index contributed by atoms with van der Waals surface area (Å²) in [6.45, 7) is 0. The van der Waals surface area contributed by atoms with Gasteiger partial charge in [0.1, 0.15) is 28.4 Å². The molecule has 0 radical (unpaired) electrons. The van der Waals surface area contributed by atoms with Crippen LogP contribution in [0.1, 0.15) is 27.5 Å². The lowest BCUT2D eigenvalue weighted by Gasteiger charge is -2.31. The van der Waals surface area contributed by atoms with Crippen molar-refractivity contribution in [2.75, 3.05) is 26.2 Å². The van der Waals surface area contributed by atoms with Crippen molar-refractivity contribution in [1.82, 2.24) is 5.32 Å². The minimum absolute atomic E-state index is 0.0169. The quantitative estimate of drug-likeness (QED) is 0.140. The van der Waals surface area contributed by atoms with E-state index in [4.69, 9.17) is 14.2 Å². The molecule has 2 heterocycles. The highest BCUT2D eigenvalue weighted by Gasteiger charge is 2.69. The minimum atomic E-state index is -2.11. The number of carboxylic acid groups (broad SMARTS) is 1. The molecular formula is C30H27N3O11. The second-order valence-electron chi connectivity index (χ2n) is 10.3. The third-order valence-corrected chi connectivity index (χ3v) is 8.04. The highest BCUT2D eigenvalue weighted by atomic mass is 16.6. The Balaban J connectivity index is 1.76. The van der Waals surface area contributed by atoms with E-state index in [1.165, 1.54) is 68.8 Å². The van der Waals surface area contributed by atoms with Gasteiger partial charge in [-0.3, -0.25) is 29.8 Å². The number of benzene rings is 3. The fraction of sp³-hybridized carbons (Fsp3) is 0.267. The standard InChI is InChI=1S/C30H27N3O11/c1-42-19-12-20(22(28(37)44-3)21(13-19)43-2)25-23-24(30(31-25,29(38)39)14-15-7-9-18(34)10-8-15)27(36)32(26(23)35)16-5-4-6-17(11-16)33(40)41/h4-13,23-25,31,34H,14H2,1-3H3,(H,38,39). The van der Waals surface area contributed by atoms with Gasteiger partial charge in [-0.05, 0) is 35.4 Å². The van der Waals surface area contributed by atoms with E-state index in [2.05, 4.69) is 5.32 Å². The Hall–Kier alpha value is -5.50. The number of hydrogen-bond donors (Lipinski definition) is 3. The van der Waals surface area contributed by atoms with Crippen molar-refractivity contribution in [1.29, 1.82) is 0 Å². The second-order valence-corrected chi connectivity index (χ2v) is 10.3. The number of ether oxygens (including phenoxy) is 3. The van der Waals surface area contributed by atoms with Crippen LogP contribution >= 0.6 is 0 Å². The fourth-order valence-corrected chi connectivity index (χ4v) is 6.10. The topological polar surface area (TPSA) is 195 Å². The van der Waals surface area contributed by atoms with Gasteiger partial charge in [0.2, 0.25) is 11.8 Å². The van der Waals surface area contributed by atoms with E-state index in [0.29, 0.717) is 5.56 Å². The molecule has 14 nitrogen and oxygen atoms in total. The van der Waals surface area contributed by atoms with Gasteiger partial charge >= 0.3 is 11.9 Å². The predicted molar refractivity (Wildman–Crippen MR) is 152 cm³/mol. The first-order valence-corrected chi connectivity index (χ1v) is 13.2. The Morgan fingerprint density at radius 3 is 2.32 bits per heavy atom. The van der Waals surface area contributed by atoms with Crippen LogP contribution in [0.2, 0.25) is 0 Å². The van der Waals surface area contributed by atoms with Gasteiger partial charge < -0.3 is 24.4 Å². The van der Waals surface area contributed by atoms with Crippen LogP contribution in [-0.4, -0.2) is 65.8 Å². The Morgan fingerprint density at radius 1 is 1.02 bits per heavy atom. The number of amides is 2. The van der Waals surface area contributed by atoms with Crippen LogP contribution < -0.4 is 19.7 Å². The van der Waals surface area contributed by atoms with Crippen molar-refractivity contribution in [3.63, 3.8) is 0 Å². The van der Waals surface area contributed by atoms with Gasteiger partial charge in [-0.1, -0.05) is 18.2 Å². The number of carbonyl (C=O) groups excluding carboxylic acids is 3. The molecule has 2 fully saturated rings. The monoisotopic (exact) mass is 605 g/mol. The van der Waals surface area contributed by atoms with Crippen molar-refractivity contribution in [3.05, 3.63) is 87.5 Å². The summed E-state index contributed by atoms with van der Waals surface area (Å²) in [5.74, 6) is -6.80. The third-order valence-electron chi connectivity index (χ3n) is 8.04. The Morgan fingerprint density at radius 2 is 1.73 bits per heavy atom. The van der Waals surface area contributed by atoms with E-state index in [1.54, 1.807) is 0 Å². The molecule has 0 aliphatic carbocycles. The number of hydrogen-bond acceptors (Lipinski definition) is 11. The molecule has 14 heteroatoms. The number of aliphatic carboxylic acids is 1. The number of imide groups is 1. The number of carbonyl (C=O) groups is 4. The Kier molecular flexibility index (Phi) is 7.70. The molecule has 3 N–H and O–H groups in total. The number of nitrogens with zero attached hydrogens (tertiary/aromatic N) is 2. The van der Waals surface area contributed by atoms with Crippen LogP contribution in [0.3, 0.4) is 0 Å². The van der Waals surface area contributed by atoms with E-state index in [0.717, 1.165) is 18.1 Å². The van der Waals surface area contributed by atoms with Crippen LogP contribution in [0.15, 0.2) is 60.7 Å². The van der Waals surface area contributed by atoms with E-state index in [-0.39, 0.29) is 46.2 Å². The summed E-state index contributed by atoms with van der Waals surface area (Å²) in [6.07, 6.45) is -0.309. The molecule has 2 saturated heterocycles. The Bertz CT molecular complexity index is 1690. The zero-order valence-corrected chi connectivity index (χ0v) is 23.7. The lowest BCUT2D eigenvalue weighted by molar-refractivity contribution is -0.384. The van der Waals surface area contributed by atoms with Crippen molar-refractivity contribution in [2.24, 2.45) is 11.8 Å². The third kappa shape index (κ3) is 4.74. The van der Waals surface area contributed by atoms with Crippen molar-refractivity contribution >= 4 is 35.1 Å². The molecule has 3 aromatic rings. The number of rotatable bonds is 9. The number of nitro groups is 1. The molecular weight excluding hydrogens is 578 g/mol. The largest absolute Gasteiger partial charge is 0.508 e. The highest BCUT2D eigenvalue weighted by molar-refractivity contribution is 6.24. The lowest BCUT2D eigenvalue weighted by atomic mass is 9.76. The number of aromatic hydroxyl groups is 1. The average molecular weight is 606 g/mol. The van der Waals surface area contributed by atoms with Crippen LogP contribution in [-0.2, 0) is 25.5 Å². The number of methoxy groups -OCH3 is 3. The van der Waals surface area contributed by atoms with Gasteiger partial charge in [0.25, 0.3) is 5.69 Å². The fourth-order valence-electron chi connectivity index (χ4n) is 6.10. The number of non-ortho nitro benzene ring substituents is 1. The maximum atomic E-state index is 14.2. The van der Waals surface area contributed by atoms with Crippen molar-refractivity contribution in [2.45, 2.75) is 18.0 Å². The van der Waals surface area contributed by atoms with Gasteiger partial charge in [0, 0.05) is 30.7 Å². The molecule has 3 aromatic carbocycles. The van der Waals surface area contributed by atoms with Crippen LogP contribution in [0, 0.1) is 22.0 Å². The molecule has 5 rings (SSSR count). The number of esters is 1. The zero-order chi connectivity index (χ0) is 31.9. The number of fused-ring (bicyclic) bond motifs is 1. The van der Waals surface area contributed by atoms with E-state index < -0.39 is 52.1 Å². The van der Waals surface area contributed by atoms with Gasteiger partial charge in [-0.2, -0.15) is 0 Å². The van der Waals surface area contributed by atoms with Gasteiger partial charge in [0.05, 0.1) is 43.8 Å². The molecule has 4 atom stereocenters. The Labute approximate surface area is 249 Å². The molecule has 228 valence electrons. The number of nitro benzene ring substituents is 1. The molecule has 0 bridgehead atoms. The molecule has 4 unspecified atom stereocenters. The predicted octanol–water partition coefficient (Wildman–Crippen LogP) is 2.62. The molecule has 44 heavy (non-hydrogen) atoms. The normalized spacial score (nSPS) is 22.4. The second kappa shape index (κ2) is 11.3. The zero-order valence-electron chi connectivity index (χ0n) is 23.7. The molecule has 0 aromatic heterocycles. The van der Waals surface area contributed by atoms with E-state index in [1.807, 2.05) is 0 Å². The number of nitrogens with one attached hydrogen (secondary N) is 1. The summed E-state index contributed by atoms with van der Waals surface area (Å²) in [6, 6.07) is 12.1.